The summed E-state index contributed by atoms with van der Waals surface area (Å²) in [4.78, 5) is 23.3. The van der Waals surface area contributed by atoms with Crippen LogP contribution in [0.5, 0.6) is 11.5 Å². The average Bonchev–Trinajstić information content (AvgIpc) is 2.52. The van der Waals surface area contributed by atoms with Gasteiger partial charge in [-0.3, -0.25) is 4.79 Å². The summed E-state index contributed by atoms with van der Waals surface area (Å²) in [7, 11) is 0. The summed E-state index contributed by atoms with van der Waals surface area (Å²) in [6.07, 6.45) is 0.146. The van der Waals surface area contributed by atoms with Crippen LogP contribution >= 0.6 is 0 Å². The molecular weight excluding hydrogens is 270 g/mol. The van der Waals surface area contributed by atoms with Crippen molar-refractivity contribution in [3.05, 3.63) is 48.0 Å². The Kier molecular flexibility index (Phi) is 3.31. The zero-order chi connectivity index (χ0) is 14.8. The largest absolute Gasteiger partial charge is 0.453 e. The van der Waals surface area contributed by atoms with Crippen molar-refractivity contribution in [2.45, 2.75) is 13.3 Å². The summed E-state index contributed by atoms with van der Waals surface area (Å²) >= 11 is 0. The van der Waals surface area contributed by atoms with Crippen molar-refractivity contribution in [3.8, 4) is 11.5 Å². The summed E-state index contributed by atoms with van der Waals surface area (Å²) in [5, 5.41) is 3.14. The van der Waals surface area contributed by atoms with Crippen molar-refractivity contribution in [2.24, 2.45) is 0 Å². The maximum Gasteiger partial charge on any atom is 0.348 e. The molecule has 5 heteroatoms. The Morgan fingerprint density at radius 2 is 1.86 bits per heavy atom. The van der Waals surface area contributed by atoms with E-state index in [1.54, 1.807) is 25.1 Å². The first-order valence-electron chi connectivity index (χ1n) is 6.61. The van der Waals surface area contributed by atoms with Gasteiger partial charge < -0.3 is 14.8 Å². The van der Waals surface area contributed by atoms with Crippen molar-refractivity contribution >= 4 is 23.3 Å². The van der Waals surface area contributed by atoms with Gasteiger partial charge in [-0.05, 0) is 24.3 Å². The maximum absolute atomic E-state index is 12.1. The number of fused-ring (bicyclic) bond motifs is 2. The number of para-hydroxylation sites is 3. The quantitative estimate of drug-likeness (QED) is 0.574. The van der Waals surface area contributed by atoms with E-state index < -0.39 is 11.9 Å². The van der Waals surface area contributed by atoms with E-state index in [9.17, 15) is 9.59 Å². The predicted molar refractivity (Wildman–Crippen MR) is 77.0 cm³/mol. The van der Waals surface area contributed by atoms with Crippen LogP contribution in [-0.2, 0) is 9.53 Å². The van der Waals surface area contributed by atoms with E-state index >= 15 is 0 Å². The molecule has 0 spiro atoms. The molecule has 0 unspecified atom stereocenters. The molecule has 0 saturated heterocycles. The molecule has 1 aliphatic heterocycles. The molecule has 21 heavy (non-hydrogen) atoms. The van der Waals surface area contributed by atoms with Crippen LogP contribution in [0.1, 0.15) is 23.7 Å². The van der Waals surface area contributed by atoms with E-state index in [0.717, 1.165) is 5.69 Å². The van der Waals surface area contributed by atoms with Crippen LogP contribution in [0.2, 0.25) is 0 Å². The van der Waals surface area contributed by atoms with Crippen molar-refractivity contribution in [2.75, 3.05) is 5.32 Å². The Hall–Kier alpha value is -2.82. The summed E-state index contributed by atoms with van der Waals surface area (Å²) < 4.78 is 10.5. The molecular formula is C16H13NO4. The number of carbonyl (C=O) groups is 2. The molecule has 0 radical (unpaired) electrons. The fourth-order valence-electron chi connectivity index (χ4n) is 2.06. The molecule has 3 rings (SSSR count). The van der Waals surface area contributed by atoms with Gasteiger partial charge in [0.15, 0.2) is 11.5 Å². The van der Waals surface area contributed by atoms with Crippen molar-refractivity contribution < 1.29 is 19.1 Å². The molecule has 0 aliphatic carbocycles. The average molecular weight is 283 g/mol. The predicted octanol–water partition coefficient (Wildman–Crippen LogP) is 3.63. The molecule has 5 nitrogen and oxygen atoms in total. The minimum atomic E-state index is -0.686. The second kappa shape index (κ2) is 5.28. The number of esters is 2. The van der Waals surface area contributed by atoms with Crippen molar-refractivity contribution in [1.82, 2.24) is 0 Å². The molecule has 1 aliphatic rings. The van der Waals surface area contributed by atoms with Gasteiger partial charge in [-0.2, -0.15) is 0 Å². The van der Waals surface area contributed by atoms with E-state index in [2.05, 4.69) is 5.32 Å². The highest BCUT2D eigenvalue weighted by atomic mass is 16.6. The first-order chi connectivity index (χ1) is 10.2. The molecule has 0 amide bonds. The first-order valence-corrected chi connectivity index (χ1v) is 6.61. The lowest BCUT2D eigenvalue weighted by atomic mass is 10.1. The highest BCUT2D eigenvalue weighted by Crippen LogP contribution is 2.43. The minimum Gasteiger partial charge on any atom is -0.453 e. The van der Waals surface area contributed by atoms with Crippen molar-refractivity contribution in [1.29, 1.82) is 0 Å². The minimum absolute atomic E-state index is 0.146. The fraction of sp³-hybridized carbons (Fsp3) is 0.125. The Morgan fingerprint density at radius 3 is 2.67 bits per heavy atom. The highest BCUT2D eigenvalue weighted by molar-refractivity contribution is 6.03. The van der Waals surface area contributed by atoms with Gasteiger partial charge in [0.1, 0.15) is 0 Å². The second-order valence-corrected chi connectivity index (χ2v) is 4.52. The van der Waals surface area contributed by atoms with Crippen LogP contribution in [0.3, 0.4) is 0 Å². The number of anilines is 2. The molecule has 0 aromatic heterocycles. The number of hydrogen-bond donors (Lipinski definition) is 1. The lowest BCUT2D eigenvalue weighted by Gasteiger charge is -2.23. The second-order valence-electron chi connectivity index (χ2n) is 4.52. The number of ether oxygens (including phenoxy) is 2. The van der Waals surface area contributed by atoms with Crippen LogP contribution < -0.4 is 10.1 Å². The van der Waals surface area contributed by atoms with Crippen LogP contribution in [0.25, 0.3) is 0 Å². The molecule has 2 aromatic carbocycles. The van der Waals surface area contributed by atoms with E-state index in [4.69, 9.17) is 9.47 Å². The maximum atomic E-state index is 12.1. The van der Waals surface area contributed by atoms with Gasteiger partial charge in [-0.1, -0.05) is 25.1 Å². The highest BCUT2D eigenvalue weighted by Gasteiger charge is 2.23. The number of benzene rings is 2. The molecule has 0 saturated carbocycles. The summed E-state index contributed by atoms with van der Waals surface area (Å²) in [6, 6.07) is 12.4. The molecule has 1 N–H and O–H groups in total. The van der Waals surface area contributed by atoms with Crippen LogP contribution in [0.15, 0.2) is 42.5 Å². The Labute approximate surface area is 121 Å². The molecule has 0 atom stereocenters. The third kappa shape index (κ3) is 2.45. The number of rotatable bonds is 2. The number of hydrogen-bond acceptors (Lipinski definition) is 5. The normalized spacial score (nSPS) is 11.5. The Morgan fingerprint density at radius 1 is 1.10 bits per heavy atom. The molecule has 0 fully saturated rings. The third-order valence-electron chi connectivity index (χ3n) is 3.11. The van der Waals surface area contributed by atoms with E-state index in [-0.39, 0.29) is 12.0 Å². The fourth-order valence-corrected chi connectivity index (χ4v) is 2.06. The summed E-state index contributed by atoms with van der Waals surface area (Å²) in [6.45, 7) is 1.63. The van der Waals surface area contributed by atoms with Gasteiger partial charge in [0.05, 0.1) is 16.9 Å². The standard InChI is InChI=1S/C16H13NO4/c1-2-14(18)21-16(19)10-6-5-9-13-15(10)17-11-7-3-4-8-12(11)20-13/h3-9,17H,2H2,1H3. The summed E-state index contributed by atoms with van der Waals surface area (Å²) in [5.41, 5.74) is 1.53. The zero-order valence-electron chi connectivity index (χ0n) is 11.4. The SMILES string of the molecule is CCC(=O)OC(=O)c1cccc2c1Nc1ccccc1O2. The van der Waals surface area contributed by atoms with E-state index in [0.29, 0.717) is 17.2 Å². The van der Waals surface area contributed by atoms with Crippen LogP contribution in [0, 0.1) is 0 Å². The van der Waals surface area contributed by atoms with Gasteiger partial charge in [-0.25, -0.2) is 4.79 Å². The van der Waals surface area contributed by atoms with Gasteiger partial charge in [0.25, 0.3) is 0 Å². The lowest BCUT2D eigenvalue weighted by Crippen LogP contribution is -2.14. The number of carbonyl (C=O) groups excluding carboxylic acids is 2. The Bertz CT molecular complexity index is 724. The van der Waals surface area contributed by atoms with Crippen molar-refractivity contribution in [3.63, 3.8) is 0 Å². The zero-order valence-corrected chi connectivity index (χ0v) is 11.4. The van der Waals surface area contributed by atoms with Crippen LogP contribution in [0.4, 0.5) is 11.4 Å². The van der Waals surface area contributed by atoms with Gasteiger partial charge in [0.2, 0.25) is 0 Å². The summed E-state index contributed by atoms with van der Waals surface area (Å²) in [5.74, 6) is -0.0452. The number of nitrogens with one attached hydrogen (secondary N) is 1. The van der Waals surface area contributed by atoms with E-state index in [1.165, 1.54) is 0 Å². The molecule has 0 bridgehead atoms. The van der Waals surface area contributed by atoms with Gasteiger partial charge >= 0.3 is 11.9 Å². The lowest BCUT2D eigenvalue weighted by molar-refractivity contribution is -0.137. The van der Waals surface area contributed by atoms with E-state index in [1.807, 2.05) is 24.3 Å². The third-order valence-corrected chi connectivity index (χ3v) is 3.11. The molecule has 106 valence electrons. The smallest absolute Gasteiger partial charge is 0.348 e. The monoisotopic (exact) mass is 283 g/mol. The molecule has 1 heterocycles. The van der Waals surface area contributed by atoms with Crippen LogP contribution in [-0.4, -0.2) is 11.9 Å². The topological polar surface area (TPSA) is 64.6 Å². The van der Waals surface area contributed by atoms with Gasteiger partial charge in [0, 0.05) is 6.42 Å². The molecule has 2 aromatic rings. The first kappa shape index (κ1) is 13.2. The Balaban J connectivity index is 1.96. The van der Waals surface area contributed by atoms with Gasteiger partial charge in [-0.15, -0.1) is 0 Å².